The summed E-state index contributed by atoms with van der Waals surface area (Å²) in [5.74, 6) is -1.53. The number of piperidine rings is 1. The molecule has 74 valence electrons. The summed E-state index contributed by atoms with van der Waals surface area (Å²) in [6, 6.07) is 0. The largest absolute Gasteiger partial charge is 0.462 e. The van der Waals surface area contributed by atoms with Crippen molar-refractivity contribution in [2.45, 2.75) is 19.3 Å². The highest BCUT2D eigenvalue weighted by Gasteiger charge is 2.18. The first-order valence-electron chi connectivity index (χ1n) is 4.38. The molecule has 0 atom stereocenters. The van der Waals surface area contributed by atoms with Gasteiger partial charge in [0.1, 0.15) is 0 Å². The maximum absolute atomic E-state index is 11.0. The van der Waals surface area contributed by atoms with Gasteiger partial charge in [0, 0.05) is 13.1 Å². The number of hydrogen-bond acceptors (Lipinski definition) is 4. The zero-order chi connectivity index (χ0) is 9.68. The average molecular weight is 186 g/mol. The minimum absolute atomic E-state index is 0.690. The molecule has 1 saturated heterocycles. The lowest BCUT2D eigenvalue weighted by molar-refractivity contribution is -0.155. The van der Waals surface area contributed by atoms with E-state index >= 15 is 0 Å². The molecule has 1 rings (SSSR count). The van der Waals surface area contributed by atoms with Gasteiger partial charge in [-0.3, -0.25) is 10.2 Å². The fraction of sp³-hybridized carbons (Fsp3) is 0.750. The Morgan fingerprint density at radius 2 is 1.85 bits per heavy atom. The van der Waals surface area contributed by atoms with Gasteiger partial charge < -0.3 is 4.74 Å². The molecule has 0 saturated carbocycles. The number of methoxy groups -OCH3 is 1. The zero-order valence-electron chi connectivity index (χ0n) is 7.71. The number of carbonyl (C=O) groups is 2. The molecule has 0 aromatic heterocycles. The summed E-state index contributed by atoms with van der Waals surface area (Å²) in [6.45, 7) is 1.62. The van der Waals surface area contributed by atoms with E-state index in [2.05, 4.69) is 10.2 Å². The summed E-state index contributed by atoms with van der Waals surface area (Å²) in [6.07, 6.45) is 3.30. The van der Waals surface area contributed by atoms with Crippen molar-refractivity contribution in [2.75, 3.05) is 20.2 Å². The lowest BCUT2D eigenvalue weighted by Gasteiger charge is -2.25. The lowest BCUT2D eigenvalue weighted by Crippen LogP contribution is -2.47. The summed E-state index contributed by atoms with van der Waals surface area (Å²) in [7, 11) is 1.19. The second-order valence-electron chi connectivity index (χ2n) is 2.98. The number of rotatable bonds is 1. The Morgan fingerprint density at radius 1 is 1.23 bits per heavy atom. The van der Waals surface area contributed by atoms with Crippen LogP contribution in [0.5, 0.6) is 0 Å². The Balaban J connectivity index is 2.30. The van der Waals surface area contributed by atoms with Crippen LogP contribution in [0.3, 0.4) is 0 Å². The number of hydrazine groups is 1. The molecule has 1 fully saturated rings. The Morgan fingerprint density at radius 3 is 2.38 bits per heavy atom. The number of ether oxygens (including phenoxy) is 1. The molecule has 1 N–H and O–H groups in total. The van der Waals surface area contributed by atoms with Gasteiger partial charge in [-0.2, -0.15) is 0 Å². The van der Waals surface area contributed by atoms with Gasteiger partial charge in [0.25, 0.3) is 0 Å². The first kappa shape index (κ1) is 9.98. The third-order valence-corrected chi connectivity index (χ3v) is 1.99. The maximum atomic E-state index is 11.0. The lowest BCUT2D eigenvalue weighted by atomic mass is 10.2. The number of nitrogens with one attached hydrogen (secondary N) is 1. The zero-order valence-corrected chi connectivity index (χ0v) is 7.71. The second-order valence-corrected chi connectivity index (χ2v) is 2.98. The Kier molecular flexibility index (Phi) is 3.70. The van der Waals surface area contributed by atoms with Crippen LogP contribution < -0.4 is 5.43 Å². The fourth-order valence-corrected chi connectivity index (χ4v) is 1.29. The molecule has 0 aromatic rings. The number of nitrogens with zero attached hydrogens (tertiary/aromatic N) is 1. The van der Waals surface area contributed by atoms with E-state index in [1.54, 1.807) is 5.01 Å². The van der Waals surface area contributed by atoms with Crippen LogP contribution in [-0.4, -0.2) is 37.1 Å². The maximum Gasteiger partial charge on any atom is 0.397 e. The van der Waals surface area contributed by atoms with Crippen molar-refractivity contribution < 1.29 is 14.3 Å². The van der Waals surface area contributed by atoms with Crippen molar-refractivity contribution in [3.8, 4) is 0 Å². The standard InChI is InChI=1S/C8H14N2O3/c1-13-8(12)7(11)9-10-5-3-2-4-6-10/h2-6H2,1H3,(H,9,11). The van der Waals surface area contributed by atoms with Crippen LogP contribution in [-0.2, 0) is 14.3 Å². The smallest absolute Gasteiger partial charge is 0.397 e. The van der Waals surface area contributed by atoms with Gasteiger partial charge in [0.15, 0.2) is 0 Å². The van der Waals surface area contributed by atoms with Gasteiger partial charge in [-0.05, 0) is 12.8 Å². The van der Waals surface area contributed by atoms with E-state index in [1.165, 1.54) is 13.5 Å². The van der Waals surface area contributed by atoms with Crippen molar-refractivity contribution in [3.05, 3.63) is 0 Å². The fourth-order valence-electron chi connectivity index (χ4n) is 1.29. The van der Waals surface area contributed by atoms with Crippen LogP contribution in [0.25, 0.3) is 0 Å². The van der Waals surface area contributed by atoms with Crippen molar-refractivity contribution >= 4 is 11.9 Å². The molecule has 5 heteroatoms. The molecule has 1 amide bonds. The summed E-state index contributed by atoms with van der Waals surface area (Å²) in [5.41, 5.74) is 2.49. The van der Waals surface area contributed by atoms with E-state index in [0.29, 0.717) is 0 Å². The number of esters is 1. The highest BCUT2D eigenvalue weighted by molar-refractivity contribution is 6.32. The minimum Gasteiger partial charge on any atom is -0.462 e. The van der Waals surface area contributed by atoms with Gasteiger partial charge in [-0.15, -0.1) is 0 Å². The minimum atomic E-state index is -0.842. The highest BCUT2D eigenvalue weighted by Crippen LogP contribution is 2.05. The van der Waals surface area contributed by atoms with Crippen molar-refractivity contribution in [2.24, 2.45) is 0 Å². The van der Waals surface area contributed by atoms with Crippen LogP contribution in [0, 0.1) is 0 Å². The first-order chi connectivity index (χ1) is 6.24. The molecule has 0 aliphatic carbocycles. The highest BCUT2D eigenvalue weighted by atomic mass is 16.5. The van der Waals surface area contributed by atoms with E-state index in [9.17, 15) is 9.59 Å². The Bertz CT molecular complexity index is 200. The molecular formula is C8H14N2O3. The van der Waals surface area contributed by atoms with Gasteiger partial charge >= 0.3 is 11.9 Å². The van der Waals surface area contributed by atoms with Crippen LogP contribution in [0.15, 0.2) is 0 Å². The van der Waals surface area contributed by atoms with Crippen LogP contribution in [0.1, 0.15) is 19.3 Å². The molecule has 0 aromatic carbocycles. The normalized spacial score (nSPS) is 17.9. The number of amides is 1. The van der Waals surface area contributed by atoms with Crippen molar-refractivity contribution in [1.82, 2.24) is 10.4 Å². The predicted molar refractivity (Wildman–Crippen MR) is 45.6 cm³/mol. The second kappa shape index (κ2) is 4.81. The molecule has 13 heavy (non-hydrogen) atoms. The summed E-state index contributed by atoms with van der Waals surface area (Å²) >= 11 is 0. The van der Waals surface area contributed by atoms with E-state index in [4.69, 9.17) is 0 Å². The monoisotopic (exact) mass is 186 g/mol. The molecule has 0 radical (unpaired) electrons. The van der Waals surface area contributed by atoms with Gasteiger partial charge in [-0.25, -0.2) is 9.80 Å². The van der Waals surface area contributed by atoms with E-state index in [-0.39, 0.29) is 0 Å². The SMILES string of the molecule is COC(=O)C(=O)NN1CCCCC1. The predicted octanol–water partition coefficient (Wildman–Crippen LogP) is -0.324. The van der Waals surface area contributed by atoms with E-state index in [1.807, 2.05) is 0 Å². The van der Waals surface area contributed by atoms with E-state index < -0.39 is 11.9 Å². The van der Waals surface area contributed by atoms with Crippen molar-refractivity contribution in [1.29, 1.82) is 0 Å². The number of carbonyl (C=O) groups excluding carboxylic acids is 2. The van der Waals surface area contributed by atoms with Gasteiger partial charge in [0.05, 0.1) is 7.11 Å². The third-order valence-electron chi connectivity index (χ3n) is 1.99. The van der Waals surface area contributed by atoms with Crippen LogP contribution >= 0.6 is 0 Å². The molecule has 1 aliphatic heterocycles. The summed E-state index contributed by atoms with van der Waals surface area (Å²) < 4.78 is 4.28. The van der Waals surface area contributed by atoms with Gasteiger partial charge in [-0.1, -0.05) is 6.42 Å². The quantitative estimate of drug-likeness (QED) is 0.450. The molecule has 1 heterocycles. The van der Waals surface area contributed by atoms with Crippen LogP contribution in [0.4, 0.5) is 0 Å². The van der Waals surface area contributed by atoms with E-state index in [0.717, 1.165) is 25.9 Å². The average Bonchev–Trinajstić information content (AvgIpc) is 2.18. The molecule has 5 nitrogen and oxygen atoms in total. The summed E-state index contributed by atoms with van der Waals surface area (Å²) in [5, 5.41) is 1.75. The topological polar surface area (TPSA) is 58.6 Å². The molecule has 0 bridgehead atoms. The van der Waals surface area contributed by atoms with Gasteiger partial charge in [0.2, 0.25) is 0 Å². The first-order valence-corrected chi connectivity index (χ1v) is 4.38. The Labute approximate surface area is 77.0 Å². The third kappa shape index (κ3) is 3.02. The molecule has 1 aliphatic rings. The number of hydrogen-bond donors (Lipinski definition) is 1. The van der Waals surface area contributed by atoms with Crippen LogP contribution in [0.2, 0.25) is 0 Å². The Hall–Kier alpha value is -1.10. The van der Waals surface area contributed by atoms with Crippen molar-refractivity contribution in [3.63, 3.8) is 0 Å². The molecule has 0 unspecified atom stereocenters. The summed E-state index contributed by atoms with van der Waals surface area (Å²) in [4.78, 5) is 21.7. The molecule has 0 spiro atoms. The molecular weight excluding hydrogens is 172 g/mol.